The lowest BCUT2D eigenvalue weighted by Gasteiger charge is -2.14. The van der Waals surface area contributed by atoms with Gasteiger partial charge in [-0.05, 0) is 36.0 Å². The van der Waals surface area contributed by atoms with Crippen molar-refractivity contribution in [2.75, 3.05) is 34.9 Å². The summed E-state index contributed by atoms with van der Waals surface area (Å²) >= 11 is 8.70. The van der Waals surface area contributed by atoms with Gasteiger partial charge in [0.05, 0.1) is 21.3 Å². The molecule has 0 atom stereocenters. The monoisotopic (exact) mass is 428 g/mol. The molecular formula is C16H17BrN2O5S. The van der Waals surface area contributed by atoms with E-state index in [1.807, 2.05) is 0 Å². The number of esters is 1. The van der Waals surface area contributed by atoms with Crippen LogP contribution < -0.4 is 9.47 Å². The molecule has 1 saturated heterocycles. The lowest BCUT2D eigenvalue weighted by molar-refractivity contribution is -0.143. The Bertz CT molecular complexity index is 765. The van der Waals surface area contributed by atoms with E-state index < -0.39 is 5.97 Å². The summed E-state index contributed by atoms with van der Waals surface area (Å²) in [5, 5.41) is 0.234. The van der Waals surface area contributed by atoms with E-state index in [0.717, 1.165) is 4.47 Å². The maximum atomic E-state index is 12.6. The van der Waals surface area contributed by atoms with Crippen LogP contribution in [0.15, 0.2) is 22.3 Å². The molecule has 0 saturated carbocycles. The number of benzene rings is 1. The number of likely N-dealkylation sites (N-methyl/N-ethyl adjacent to an activating group) is 1. The number of methoxy groups -OCH3 is 3. The van der Waals surface area contributed by atoms with Crippen molar-refractivity contribution >= 4 is 51.2 Å². The van der Waals surface area contributed by atoms with Crippen LogP contribution in [0.1, 0.15) is 5.56 Å². The van der Waals surface area contributed by atoms with Crippen LogP contribution >= 0.6 is 28.1 Å². The summed E-state index contributed by atoms with van der Waals surface area (Å²) in [5.41, 5.74) is 1.04. The van der Waals surface area contributed by atoms with Crippen LogP contribution in [0.3, 0.4) is 0 Å². The molecular weight excluding hydrogens is 412 g/mol. The molecule has 25 heavy (non-hydrogen) atoms. The van der Waals surface area contributed by atoms with Gasteiger partial charge < -0.3 is 19.1 Å². The number of hydrogen-bond donors (Lipinski definition) is 0. The zero-order valence-electron chi connectivity index (χ0n) is 14.2. The standard InChI is InChI=1S/C16H17BrN2O5S/c1-18-11(15(21)19(16(18)25)8-14(20)24-4)5-9-6-12(22-2)13(23-3)7-10(9)17/h5-7H,8H2,1-4H3/b11-5-. The second-order valence-electron chi connectivity index (χ2n) is 5.07. The van der Waals surface area contributed by atoms with Gasteiger partial charge in [-0.3, -0.25) is 14.5 Å². The number of nitrogens with zero attached hydrogens (tertiary/aromatic N) is 2. The summed E-state index contributed by atoms with van der Waals surface area (Å²) in [5.74, 6) is 0.169. The minimum atomic E-state index is -0.544. The minimum Gasteiger partial charge on any atom is -0.493 e. The average molecular weight is 429 g/mol. The molecule has 1 aromatic carbocycles. The van der Waals surface area contributed by atoms with Crippen molar-refractivity contribution in [3.8, 4) is 11.5 Å². The van der Waals surface area contributed by atoms with Crippen molar-refractivity contribution < 1.29 is 23.8 Å². The lowest BCUT2D eigenvalue weighted by Crippen LogP contribution is -2.36. The molecule has 1 aromatic rings. The number of hydrogen-bond acceptors (Lipinski definition) is 6. The molecule has 134 valence electrons. The lowest BCUT2D eigenvalue weighted by atomic mass is 10.1. The second-order valence-corrected chi connectivity index (χ2v) is 6.29. The second kappa shape index (κ2) is 7.83. The Morgan fingerprint density at radius 2 is 1.84 bits per heavy atom. The normalized spacial score (nSPS) is 15.8. The van der Waals surface area contributed by atoms with Gasteiger partial charge in [0.1, 0.15) is 12.2 Å². The number of thiocarbonyl (C=S) groups is 1. The highest BCUT2D eigenvalue weighted by Crippen LogP contribution is 2.35. The minimum absolute atomic E-state index is 0.233. The SMILES string of the molecule is COC(=O)CN1C(=O)/C(=C/c2cc(OC)c(OC)cc2Br)N(C)C1=S. The van der Waals surface area contributed by atoms with Crippen molar-refractivity contribution in [3.05, 3.63) is 27.9 Å². The van der Waals surface area contributed by atoms with E-state index in [4.69, 9.17) is 21.7 Å². The molecule has 0 bridgehead atoms. The van der Waals surface area contributed by atoms with E-state index >= 15 is 0 Å². The molecule has 9 heteroatoms. The van der Waals surface area contributed by atoms with E-state index in [1.165, 1.54) is 19.1 Å². The predicted octanol–water partition coefficient (Wildman–Crippen LogP) is 2.04. The van der Waals surface area contributed by atoms with Crippen LogP contribution in [0.4, 0.5) is 0 Å². The summed E-state index contributed by atoms with van der Waals surface area (Å²) in [4.78, 5) is 26.8. The zero-order chi connectivity index (χ0) is 18.7. The third-order valence-electron chi connectivity index (χ3n) is 3.65. The first-order valence-electron chi connectivity index (χ1n) is 7.13. The summed E-state index contributed by atoms with van der Waals surface area (Å²) < 4.78 is 15.9. The van der Waals surface area contributed by atoms with Crippen molar-refractivity contribution in [3.63, 3.8) is 0 Å². The summed E-state index contributed by atoms with van der Waals surface area (Å²) in [6.45, 7) is -0.233. The summed E-state index contributed by atoms with van der Waals surface area (Å²) in [7, 11) is 5.99. The van der Waals surface area contributed by atoms with Gasteiger partial charge in [-0.25, -0.2) is 0 Å². The Kier molecular flexibility index (Phi) is 6.02. The fraction of sp³-hybridized carbons (Fsp3) is 0.312. The highest BCUT2D eigenvalue weighted by molar-refractivity contribution is 9.10. The van der Waals surface area contributed by atoms with E-state index in [2.05, 4.69) is 20.7 Å². The highest BCUT2D eigenvalue weighted by atomic mass is 79.9. The molecule has 0 aliphatic carbocycles. The molecule has 1 amide bonds. The van der Waals surface area contributed by atoms with Gasteiger partial charge in [-0.1, -0.05) is 15.9 Å². The van der Waals surface area contributed by atoms with Crippen molar-refractivity contribution in [2.45, 2.75) is 0 Å². The number of carbonyl (C=O) groups excluding carboxylic acids is 2. The topological polar surface area (TPSA) is 68.3 Å². The number of rotatable bonds is 5. The number of halogens is 1. The van der Waals surface area contributed by atoms with Crippen LogP contribution in [0.25, 0.3) is 6.08 Å². The number of carbonyl (C=O) groups is 2. The fourth-order valence-corrected chi connectivity index (χ4v) is 2.95. The van der Waals surface area contributed by atoms with E-state index in [9.17, 15) is 9.59 Å². The Morgan fingerprint density at radius 3 is 2.40 bits per heavy atom. The third-order valence-corrected chi connectivity index (χ3v) is 4.83. The smallest absolute Gasteiger partial charge is 0.325 e. The largest absolute Gasteiger partial charge is 0.493 e. The predicted molar refractivity (Wildman–Crippen MR) is 99.3 cm³/mol. The first-order valence-corrected chi connectivity index (χ1v) is 8.33. The van der Waals surface area contributed by atoms with Crippen molar-refractivity contribution in [1.82, 2.24) is 9.80 Å². The van der Waals surface area contributed by atoms with Gasteiger partial charge in [0.15, 0.2) is 16.6 Å². The van der Waals surface area contributed by atoms with Crippen molar-refractivity contribution in [1.29, 1.82) is 0 Å². The van der Waals surface area contributed by atoms with Crippen LogP contribution in [0.5, 0.6) is 11.5 Å². The van der Waals surface area contributed by atoms with E-state index in [-0.39, 0.29) is 17.6 Å². The molecule has 0 spiro atoms. The van der Waals surface area contributed by atoms with Gasteiger partial charge in [0, 0.05) is 11.5 Å². The van der Waals surface area contributed by atoms with Crippen LogP contribution in [-0.4, -0.2) is 61.7 Å². The van der Waals surface area contributed by atoms with Gasteiger partial charge in [-0.2, -0.15) is 0 Å². The van der Waals surface area contributed by atoms with Crippen LogP contribution in [0.2, 0.25) is 0 Å². The molecule has 0 N–H and O–H groups in total. The van der Waals surface area contributed by atoms with E-state index in [1.54, 1.807) is 37.3 Å². The quantitative estimate of drug-likeness (QED) is 0.403. The Hall–Kier alpha value is -2.13. The maximum absolute atomic E-state index is 12.6. The van der Waals surface area contributed by atoms with E-state index in [0.29, 0.717) is 22.8 Å². The molecule has 1 aliphatic rings. The third kappa shape index (κ3) is 3.77. The first-order chi connectivity index (χ1) is 11.8. The van der Waals surface area contributed by atoms with Gasteiger partial charge in [0.25, 0.3) is 5.91 Å². The molecule has 0 aromatic heterocycles. The maximum Gasteiger partial charge on any atom is 0.325 e. The first kappa shape index (κ1) is 19.2. The van der Waals surface area contributed by atoms with Gasteiger partial charge in [0.2, 0.25) is 0 Å². The molecule has 2 rings (SSSR count). The van der Waals surface area contributed by atoms with Crippen molar-refractivity contribution in [2.24, 2.45) is 0 Å². The molecule has 1 heterocycles. The number of ether oxygens (including phenoxy) is 3. The van der Waals surface area contributed by atoms with Crippen LogP contribution in [0, 0.1) is 0 Å². The summed E-state index contributed by atoms with van der Waals surface area (Å²) in [6, 6.07) is 3.48. The fourth-order valence-electron chi connectivity index (χ4n) is 2.27. The molecule has 7 nitrogen and oxygen atoms in total. The molecule has 0 radical (unpaired) electrons. The summed E-state index contributed by atoms with van der Waals surface area (Å²) in [6.07, 6.45) is 1.66. The average Bonchev–Trinajstić information content (AvgIpc) is 2.80. The Labute approximate surface area is 159 Å². The Balaban J connectivity index is 2.42. The van der Waals surface area contributed by atoms with Crippen LogP contribution in [-0.2, 0) is 14.3 Å². The van der Waals surface area contributed by atoms with Gasteiger partial charge >= 0.3 is 5.97 Å². The molecule has 1 aliphatic heterocycles. The molecule has 1 fully saturated rings. The molecule has 0 unspecified atom stereocenters. The highest BCUT2D eigenvalue weighted by Gasteiger charge is 2.37. The zero-order valence-corrected chi connectivity index (χ0v) is 16.6. The Morgan fingerprint density at radius 1 is 1.24 bits per heavy atom. The van der Waals surface area contributed by atoms with Gasteiger partial charge in [-0.15, -0.1) is 0 Å². The number of amides is 1.